The largest absolute Gasteiger partial charge is 0.872 e. The summed E-state index contributed by atoms with van der Waals surface area (Å²) in [7, 11) is -9.58. The molecule has 2 rings (SSSR count). The standard InChI is InChI=1S/C10H8O7S2/c11-7-4-5-8(18(12,13)14)6-2-1-3-9(10(6)7)19(15,16)17/h1-5,11H,(H,12,13,14)(H,15,16,17)/p-2. The monoisotopic (exact) mass is 302 g/mol. The van der Waals surface area contributed by atoms with Crippen LogP contribution in [0.5, 0.6) is 5.75 Å². The maximum Gasteiger partial charge on any atom is 0.295 e. The second-order valence-corrected chi connectivity index (χ2v) is 6.41. The van der Waals surface area contributed by atoms with Gasteiger partial charge in [0.25, 0.3) is 10.1 Å². The van der Waals surface area contributed by atoms with Crippen LogP contribution in [-0.4, -0.2) is 25.9 Å². The third kappa shape index (κ3) is 2.40. The molecule has 9 heteroatoms. The summed E-state index contributed by atoms with van der Waals surface area (Å²) < 4.78 is 64.5. The van der Waals surface area contributed by atoms with Crippen LogP contribution in [0.3, 0.4) is 0 Å². The van der Waals surface area contributed by atoms with Crippen LogP contribution in [0.25, 0.3) is 10.8 Å². The number of hydrogen-bond acceptors (Lipinski definition) is 6. The van der Waals surface area contributed by atoms with Crippen molar-refractivity contribution in [1.82, 2.24) is 0 Å². The van der Waals surface area contributed by atoms with E-state index in [2.05, 4.69) is 0 Å². The normalized spacial score (nSPS) is 12.7. The maximum atomic E-state index is 11.7. The number of benzene rings is 2. The summed E-state index contributed by atoms with van der Waals surface area (Å²) in [6.07, 6.45) is 0. The second kappa shape index (κ2) is 4.17. The van der Waals surface area contributed by atoms with E-state index in [4.69, 9.17) is 4.55 Å². The molecule has 0 fully saturated rings. The van der Waals surface area contributed by atoms with E-state index in [1.807, 2.05) is 0 Å². The fourth-order valence-electron chi connectivity index (χ4n) is 1.75. The second-order valence-electron chi connectivity index (χ2n) is 3.67. The van der Waals surface area contributed by atoms with Gasteiger partial charge in [0.1, 0.15) is 15.0 Å². The lowest BCUT2D eigenvalue weighted by molar-refractivity contribution is -0.266. The Labute approximate surface area is 108 Å². The van der Waals surface area contributed by atoms with Crippen LogP contribution in [0.2, 0.25) is 0 Å². The summed E-state index contributed by atoms with van der Waals surface area (Å²) in [6.45, 7) is 0. The van der Waals surface area contributed by atoms with Gasteiger partial charge in [0.2, 0.25) is 0 Å². The molecule has 0 unspecified atom stereocenters. The molecule has 1 N–H and O–H groups in total. The average molecular weight is 302 g/mol. The van der Waals surface area contributed by atoms with Gasteiger partial charge in [0.15, 0.2) is 0 Å². The lowest BCUT2D eigenvalue weighted by Crippen LogP contribution is -2.05. The predicted octanol–water partition coefficient (Wildman–Crippen LogP) is 0.0642. The first-order chi connectivity index (χ1) is 8.62. The minimum atomic E-state index is -4.87. The zero-order valence-electron chi connectivity index (χ0n) is 9.10. The van der Waals surface area contributed by atoms with Crippen molar-refractivity contribution in [3.63, 3.8) is 0 Å². The highest BCUT2D eigenvalue weighted by atomic mass is 32.2. The Morgan fingerprint density at radius 1 is 0.947 bits per heavy atom. The summed E-state index contributed by atoms with van der Waals surface area (Å²) in [6, 6.07) is 4.76. The van der Waals surface area contributed by atoms with E-state index in [9.17, 15) is 26.5 Å². The summed E-state index contributed by atoms with van der Waals surface area (Å²) in [5, 5.41) is 10.8. The first-order valence-electron chi connectivity index (χ1n) is 4.78. The Morgan fingerprint density at radius 2 is 1.58 bits per heavy atom. The van der Waals surface area contributed by atoms with Crippen molar-refractivity contribution in [3.05, 3.63) is 30.3 Å². The number of fused-ring (bicyclic) bond motifs is 1. The highest BCUT2D eigenvalue weighted by Crippen LogP contribution is 2.33. The molecule has 0 heterocycles. The Balaban J connectivity index is 3.09. The van der Waals surface area contributed by atoms with E-state index >= 15 is 0 Å². The molecule has 0 aliphatic carbocycles. The highest BCUT2D eigenvalue weighted by molar-refractivity contribution is 7.86. The van der Waals surface area contributed by atoms with Gasteiger partial charge in [-0.15, -0.1) is 0 Å². The molecule has 2 aromatic rings. The molecule has 0 aliphatic rings. The van der Waals surface area contributed by atoms with E-state index in [0.29, 0.717) is 0 Å². The van der Waals surface area contributed by atoms with Crippen LogP contribution < -0.4 is 5.11 Å². The van der Waals surface area contributed by atoms with Crippen LogP contribution in [0.15, 0.2) is 40.1 Å². The molecule has 2 aromatic carbocycles. The van der Waals surface area contributed by atoms with Crippen molar-refractivity contribution in [2.24, 2.45) is 0 Å². The van der Waals surface area contributed by atoms with Gasteiger partial charge in [-0.3, -0.25) is 4.55 Å². The van der Waals surface area contributed by atoms with Gasteiger partial charge < -0.3 is 9.66 Å². The molecule has 0 bridgehead atoms. The molecular weight excluding hydrogens is 296 g/mol. The quantitative estimate of drug-likeness (QED) is 0.775. The van der Waals surface area contributed by atoms with Crippen LogP contribution in [0, 0.1) is 0 Å². The van der Waals surface area contributed by atoms with Gasteiger partial charge in [-0.25, -0.2) is 8.42 Å². The topological polar surface area (TPSA) is 135 Å². The Bertz CT molecular complexity index is 866. The van der Waals surface area contributed by atoms with Gasteiger partial charge in [-0.1, -0.05) is 23.9 Å². The van der Waals surface area contributed by atoms with E-state index in [1.165, 1.54) is 0 Å². The van der Waals surface area contributed by atoms with Crippen LogP contribution in [-0.2, 0) is 20.2 Å². The SMILES string of the molecule is O=S(=O)([O-])c1ccc([O-])c2c(S(=O)(=O)O)cccc12. The van der Waals surface area contributed by atoms with E-state index in [1.54, 1.807) is 0 Å². The molecular formula is C10H6O7S2-2. The fourth-order valence-corrected chi connectivity index (χ4v) is 3.14. The molecule has 0 aliphatic heterocycles. The molecule has 102 valence electrons. The van der Waals surface area contributed by atoms with Crippen LogP contribution in [0.4, 0.5) is 0 Å². The third-order valence-corrected chi connectivity index (χ3v) is 4.26. The van der Waals surface area contributed by atoms with Gasteiger partial charge in [-0.05, 0) is 22.9 Å². The molecule has 0 atom stereocenters. The average Bonchev–Trinajstić information content (AvgIpc) is 2.25. The van der Waals surface area contributed by atoms with E-state index in [-0.39, 0.29) is 5.39 Å². The molecule has 0 spiro atoms. The van der Waals surface area contributed by atoms with Crippen molar-refractivity contribution in [2.75, 3.05) is 0 Å². The maximum absolute atomic E-state index is 11.7. The van der Waals surface area contributed by atoms with Gasteiger partial charge >= 0.3 is 0 Å². The zero-order valence-corrected chi connectivity index (χ0v) is 10.7. The molecule has 7 nitrogen and oxygen atoms in total. The van der Waals surface area contributed by atoms with E-state index in [0.717, 1.165) is 30.3 Å². The smallest absolute Gasteiger partial charge is 0.295 e. The Hall–Kier alpha value is -1.68. The van der Waals surface area contributed by atoms with Crippen molar-refractivity contribution in [1.29, 1.82) is 0 Å². The predicted molar refractivity (Wildman–Crippen MR) is 61.2 cm³/mol. The van der Waals surface area contributed by atoms with Gasteiger partial charge in [-0.2, -0.15) is 8.42 Å². The lowest BCUT2D eigenvalue weighted by atomic mass is 10.1. The van der Waals surface area contributed by atoms with Gasteiger partial charge in [0.05, 0.1) is 4.90 Å². The molecule has 0 amide bonds. The zero-order chi connectivity index (χ0) is 14.4. The lowest BCUT2D eigenvalue weighted by Gasteiger charge is -2.17. The molecule has 19 heavy (non-hydrogen) atoms. The fraction of sp³-hybridized carbons (Fsp3) is 0. The van der Waals surface area contributed by atoms with Crippen LogP contribution >= 0.6 is 0 Å². The van der Waals surface area contributed by atoms with Crippen molar-refractivity contribution >= 4 is 31.0 Å². The molecule has 0 aromatic heterocycles. The molecule has 0 saturated heterocycles. The first kappa shape index (κ1) is 13.7. The summed E-state index contributed by atoms with van der Waals surface area (Å²) in [5.74, 6) is -0.810. The minimum Gasteiger partial charge on any atom is -0.872 e. The number of rotatable bonds is 2. The van der Waals surface area contributed by atoms with Crippen molar-refractivity contribution < 1.29 is 31.0 Å². The summed E-state index contributed by atoms with van der Waals surface area (Å²) in [4.78, 5) is -1.45. The molecule has 0 radical (unpaired) electrons. The first-order valence-corrected chi connectivity index (χ1v) is 7.63. The van der Waals surface area contributed by atoms with Crippen molar-refractivity contribution in [3.8, 4) is 5.75 Å². The highest BCUT2D eigenvalue weighted by Gasteiger charge is 2.17. The Kier molecular flexibility index (Phi) is 3.01. The minimum absolute atomic E-state index is 0.336. The number of hydrogen-bond donors (Lipinski definition) is 1. The summed E-state index contributed by atoms with van der Waals surface area (Å²) >= 11 is 0. The van der Waals surface area contributed by atoms with Gasteiger partial charge in [0, 0.05) is 0 Å². The van der Waals surface area contributed by atoms with Crippen molar-refractivity contribution in [2.45, 2.75) is 9.79 Å². The third-order valence-electron chi connectivity index (χ3n) is 2.47. The van der Waals surface area contributed by atoms with E-state index < -0.39 is 41.2 Å². The Morgan fingerprint density at radius 3 is 2.11 bits per heavy atom. The van der Waals surface area contributed by atoms with Crippen LogP contribution in [0.1, 0.15) is 0 Å². The molecule has 0 saturated carbocycles. The summed E-state index contributed by atoms with van der Waals surface area (Å²) in [5.41, 5.74) is 0.